The maximum absolute atomic E-state index is 12.6. The molecule has 0 atom stereocenters. The second-order valence-corrected chi connectivity index (χ2v) is 6.33. The molecule has 0 unspecified atom stereocenters. The van der Waals surface area contributed by atoms with Gasteiger partial charge in [-0.1, -0.05) is 18.2 Å². The van der Waals surface area contributed by atoms with Crippen LogP contribution in [-0.2, 0) is 4.79 Å². The number of rotatable bonds is 8. The number of nitrogens with zero attached hydrogens (tertiary/aromatic N) is 1. The molecule has 0 radical (unpaired) electrons. The van der Waals surface area contributed by atoms with E-state index in [-0.39, 0.29) is 11.7 Å². The largest absolute Gasteiger partial charge is 0.489 e. The van der Waals surface area contributed by atoms with Gasteiger partial charge in [-0.3, -0.25) is 4.79 Å². The van der Waals surface area contributed by atoms with Gasteiger partial charge in [-0.25, -0.2) is 4.98 Å². The van der Waals surface area contributed by atoms with Crippen molar-refractivity contribution in [1.82, 2.24) is 4.98 Å². The molecule has 142 valence electrons. The van der Waals surface area contributed by atoms with Crippen LogP contribution in [0.4, 0.5) is 14.6 Å². The Morgan fingerprint density at radius 1 is 1.22 bits per heavy atom. The Labute approximate surface area is 156 Å². The van der Waals surface area contributed by atoms with Gasteiger partial charge in [-0.2, -0.15) is 8.78 Å². The molecule has 1 aliphatic carbocycles. The van der Waals surface area contributed by atoms with Crippen LogP contribution < -0.4 is 14.8 Å². The highest BCUT2D eigenvalue weighted by molar-refractivity contribution is 5.88. The molecule has 7 heteroatoms. The lowest BCUT2D eigenvalue weighted by Gasteiger charge is -2.12. The van der Waals surface area contributed by atoms with Gasteiger partial charge in [0.25, 0.3) is 0 Å². The predicted octanol–water partition coefficient (Wildman–Crippen LogP) is 4.60. The van der Waals surface area contributed by atoms with Crippen LogP contribution >= 0.6 is 0 Å². The minimum absolute atomic E-state index is 0.0275. The zero-order valence-electron chi connectivity index (χ0n) is 14.8. The summed E-state index contributed by atoms with van der Waals surface area (Å²) in [5.41, 5.74) is 1.61. The van der Waals surface area contributed by atoms with Crippen LogP contribution in [0.25, 0.3) is 12.2 Å². The average Bonchev–Trinajstić information content (AvgIpc) is 3.43. The summed E-state index contributed by atoms with van der Waals surface area (Å²) in [6.07, 6.45) is 7.45. The van der Waals surface area contributed by atoms with Gasteiger partial charge in [0.2, 0.25) is 5.91 Å². The number of anilines is 1. The lowest BCUT2D eigenvalue weighted by molar-refractivity contribution is -0.114. The molecule has 1 saturated carbocycles. The quantitative estimate of drug-likeness (QED) is 0.734. The van der Waals surface area contributed by atoms with Crippen LogP contribution in [0, 0.1) is 5.92 Å². The summed E-state index contributed by atoms with van der Waals surface area (Å²) in [7, 11) is 0. The fraction of sp³-hybridized carbons (Fsp3) is 0.300. The summed E-state index contributed by atoms with van der Waals surface area (Å²) in [5, 5.41) is 2.62. The fourth-order valence-electron chi connectivity index (χ4n) is 2.42. The predicted molar refractivity (Wildman–Crippen MR) is 98.8 cm³/mol. The first-order chi connectivity index (χ1) is 13.0. The molecule has 1 N–H and O–H groups in total. The van der Waals surface area contributed by atoms with E-state index in [9.17, 15) is 13.6 Å². The Bertz CT molecular complexity index is 836. The van der Waals surface area contributed by atoms with E-state index < -0.39 is 6.61 Å². The van der Waals surface area contributed by atoms with E-state index >= 15 is 0 Å². The van der Waals surface area contributed by atoms with E-state index in [4.69, 9.17) is 4.74 Å². The van der Waals surface area contributed by atoms with Crippen LogP contribution in [0.3, 0.4) is 0 Å². The van der Waals surface area contributed by atoms with Crippen LogP contribution in [0.2, 0.25) is 0 Å². The van der Waals surface area contributed by atoms with Gasteiger partial charge in [0.15, 0.2) is 11.5 Å². The molecule has 1 aromatic heterocycles. The van der Waals surface area contributed by atoms with Gasteiger partial charge in [0, 0.05) is 13.1 Å². The van der Waals surface area contributed by atoms with Crippen molar-refractivity contribution in [1.29, 1.82) is 0 Å². The van der Waals surface area contributed by atoms with Crippen molar-refractivity contribution in [2.24, 2.45) is 5.92 Å². The number of ether oxygens (including phenoxy) is 2. The second kappa shape index (κ2) is 8.62. The van der Waals surface area contributed by atoms with Crippen LogP contribution in [-0.4, -0.2) is 24.1 Å². The Balaban J connectivity index is 1.75. The summed E-state index contributed by atoms with van der Waals surface area (Å²) < 4.78 is 35.4. The van der Waals surface area contributed by atoms with Crippen LogP contribution in [0.15, 0.2) is 36.5 Å². The third-order valence-corrected chi connectivity index (χ3v) is 3.91. The lowest BCUT2D eigenvalue weighted by atomic mass is 10.1. The standard InChI is InChI=1S/C20H20F2N2O3/c1-13(25)24-19-11-15(8-9-23-19)3-2-14-6-7-17(27-20(21)22)18(10-14)26-12-16-4-5-16/h2-3,6-11,16,20H,4-5,12H2,1H3,(H,23,24,25)/b3-2+. The zero-order valence-corrected chi connectivity index (χ0v) is 14.8. The topological polar surface area (TPSA) is 60.5 Å². The van der Waals surface area contributed by atoms with Crippen molar-refractivity contribution in [3.05, 3.63) is 47.7 Å². The van der Waals surface area contributed by atoms with Crippen molar-refractivity contribution in [3.8, 4) is 11.5 Å². The van der Waals surface area contributed by atoms with Crippen molar-refractivity contribution >= 4 is 23.9 Å². The Hall–Kier alpha value is -2.96. The fourth-order valence-corrected chi connectivity index (χ4v) is 2.42. The first-order valence-corrected chi connectivity index (χ1v) is 8.63. The van der Waals surface area contributed by atoms with Crippen LogP contribution in [0.5, 0.6) is 11.5 Å². The highest BCUT2D eigenvalue weighted by Crippen LogP contribution is 2.34. The Morgan fingerprint density at radius 3 is 2.63 bits per heavy atom. The highest BCUT2D eigenvalue weighted by atomic mass is 19.3. The summed E-state index contributed by atoms with van der Waals surface area (Å²) in [4.78, 5) is 15.2. The number of hydrogen-bond acceptors (Lipinski definition) is 4. The van der Waals surface area contributed by atoms with E-state index in [1.54, 1.807) is 30.5 Å². The Kier molecular flexibility index (Phi) is 6.01. The maximum atomic E-state index is 12.6. The number of carbonyl (C=O) groups excluding carboxylic acids is 1. The number of nitrogens with one attached hydrogen (secondary N) is 1. The molecule has 1 aliphatic rings. The first-order valence-electron chi connectivity index (χ1n) is 8.63. The molecular formula is C20H20F2N2O3. The smallest absolute Gasteiger partial charge is 0.387 e. The first kappa shape index (κ1) is 18.8. The van der Waals surface area contributed by atoms with Gasteiger partial charge in [0.1, 0.15) is 5.82 Å². The van der Waals surface area contributed by atoms with Crippen LogP contribution in [0.1, 0.15) is 30.9 Å². The lowest BCUT2D eigenvalue weighted by Crippen LogP contribution is -2.07. The van der Waals surface area contributed by atoms with Crippen molar-refractivity contribution < 1.29 is 23.0 Å². The SMILES string of the molecule is CC(=O)Nc1cc(/C=C/c2ccc(OC(F)F)c(OCC3CC3)c2)ccn1. The van der Waals surface area contributed by atoms with Gasteiger partial charge >= 0.3 is 6.61 Å². The van der Waals surface area contributed by atoms with Gasteiger partial charge < -0.3 is 14.8 Å². The van der Waals surface area contributed by atoms with E-state index in [0.29, 0.717) is 24.1 Å². The van der Waals surface area contributed by atoms with Crippen molar-refractivity contribution in [3.63, 3.8) is 0 Å². The number of hydrogen-bond donors (Lipinski definition) is 1. The molecule has 0 saturated heterocycles. The summed E-state index contributed by atoms with van der Waals surface area (Å²) >= 11 is 0. The molecule has 27 heavy (non-hydrogen) atoms. The normalized spacial score (nSPS) is 13.8. The highest BCUT2D eigenvalue weighted by Gasteiger charge is 2.23. The number of halogens is 2. The van der Waals surface area contributed by atoms with E-state index in [1.165, 1.54) is 13.0 Å². The molecule has 1 heterocycles. The number of alkyl halides is 2. The van der Waals surface area contributed by atoms with Gasteiger partial charge in [-0.15, -0.1) is 0 Å². The molecule has 1 amide bonds. The molecule has 1 fully saturated rings. The van der Waals surface area contributed by atoms with E-state index in [1.807, 2.05) is 12.2 Å². The minimum Gasteiger partial charge on any atom is -0.489 e. The number of amides is 1. The van der Waals surface area contributed by atoms with Crippen molar-refractivity contribution in [2.45, 2.75) is 26.4 Å². The molecule has 5 nitrogen and oxygen atoms in total. The van der Waals surface area contributed by atoms with E-state index in [2.05, 4.69) is 15.0 Å². The number of benzene rings is 1. The molecule has 1 aromatic carbocycles. The monoisotopic (exact) mass is 374 g/mol. The third kappa shape index (κ3) is 6.06. The Morgan fingerprint density at radius 2 is 1.96 bits per heavy atom. The van der Waals surface area contributed by atoms with E-state index in [0.717, 1.165) is 24.0 Å². The summed E-state index contributed by atoms with van der Waals surface area (Å²) in [6.45, 7) is -0.994. The number of aromatic nitrogens is 1. The molecule has 2 aromatic rings. The van der Waals surface area contributed by atoms with Crippen molar-refractivity contribution in [2.75, 3.05) is 11.9 Å². The maximum Gasteiger partial charge on any atom is 0.387 e. The minimum atomic E-state index is -2.90. The summed E-state index contributed by atoms with van der Waals surface area (Å²) in [6, 6.07) is 8.35. The zero-order chi connectivity index (χ0) is 19.2. The molecule has 0 bridgehead atoms. The molecule has 0 aliphatic heterocycles. The molecule has 3 rings (SSSR count). The summed E-state index contributed by atoms with van der Waals surface area (Å²) in [5.74, 6) is 1.08. The second-order valence-electron chi connectivity index (χ2n) is 6.33. The number of carbonyl (C=O) groups is 1. The average molecular weight is 374 g/mol. The van der Waals surface area contributed by atoms with Gasteiger partial charge in [-0.05, 0) is 54.2 Å². The number of pyridine rings is 1. The molecular weight excluding hydrogens is 354 g/mol. The molecule has 0 spiro atoms. The third-order valence-electron chi connectivity index (χ3n) is 3.91. The van der Waals surface area contributed by atoms with Gasteiger partial charge in [0.05, 0.1) is 6.61 Å².